The monoisotopic (exact) mass is 447 g/mol. The molecule has 1 aromatic rings. The lowest BCUT2D eigenvalue weighted by molar-refractivity contribution is -0.126. The minimum Gasteiger partial charge on any atom is -0.355 e. The zero-order valence-corrected chi connectivity index (χ0v) is 18.2. The second-order valence-electron chi connectivity index (χ2n) is 7.45. The summed E-state index contributed by atoms with van der Waals surface area (Å²) in [6.45, 7) is 4.35. The summed E-state index contributed by atoms with van der Waals surface area (Å²) >= 11 is 12.0. The summed E-state index contributed by atoms with van der Waals surface area (Å²) in [6.07, 6.45) is 4.78. The minimum atomic E-state index is -3.72. The molecule has 2 aliphatic heterocycles. The van der Waals surface area contributed by atoms with Gasteiger partial charge in [-0.25, -0.2) is 8.42 Å². The molecule has 1 amide bonds. The van der Waals surface area contributed by atoms with Gasteiger partial charge in [-0.15, -0.1) is 0 Å². The number of nitrogens with zero attached hydrogens (tertiary/aromatic N) is 2. The summed E-state index contributed by atoms with van der Waals surface area (Å²) < 4.78 is 27.1. The molecule has 6 nitrogen and oxygen atoms in total. The van der Waals surface area contributed by atoms with Gasteiger partial charge < -0.3 is 10.2 Å². The van der Waals surface area contributed by atoms with Crippen molar-refractivity contribution < 1.29 is 13.2 Å². The van der Waals surface area contributed by atoms with Crippen molar-refractivity contribution in [3.63, 3.8) is 0 Å². The lowest BCUT2D eigenvalue weighted by Crippen LogP contribution is -2.44. The maximum atomic E-state index is 12.9. The molecule has 156 valence electrons. The Bertz CT molecular complexity index is 790. The van der Waals surface area contributed by atoms with E-state index in [4.69, 9.17) is 23.2 Å². The largest absolute Gasteiger partial charge is 0.355 e. The van der Waals surface area contributed by atoms with Crippen LogP contribution in [0.5, 0.6) is 0 Å². The first-order valence-electron chi connectivity index (χ1n) is 9.83. The van der Waals surface area contributed by atoms with Crippen molar-refractivity contribution in [2.75, 3.05) is 39.3 Å². The Labute approximate surface area is 177 Å². The van der Waals surface area contributed by atoms with E-state index in [-0.39, 0.29) is 21.7 Å². The van der Waals surface area contributed by atoms with Gasteiger partial charge in [-0.05, 0) is 57.0 Å². The van der Waals surface area contributed by atoms with Crippen LogP contribution in [-0.4, -0.2) is 62.8 Å². The van der Waals surface area contributed by atoms with Crippen LogP contribution < -0.4 is 5.32 Å². The fourth-order valence-corrected chi connectivity index (χ4v) is 6.04. The molecule has 1 aromatic carbocycles. The zero-order valence-electron chi connectivity index (χ0n) is 15.9. The second-order valence-corrected chi connectivity index (χ2v) is 10.2. The third-order valence-corrected chi connectivity index (χ3v) is 8.13. The van der Waals surface area contributed by atoms with E-state index in [1.807, 2.05) is 0 Å². The number of halogens is 2. The number of carbonyl (C=O) groups is 1. The number of nitrogens with one attached hydrogen (secondary N) is 1. The molecule has 0 aromatic heterocycles. The topological polar surface area (TPSA) is 69.7 Å². The third kappa shape index (κ3) is 5.39. The first-order valence-corrected chi connectivity index (χ1v) is 12.0. The molecule has 2 heterocycles. The minimum absolute atomic E-state index is 0.0195. The SMILES string of the molecule is O=C(NCCN1CCCCC1)C1CCN(S(=O)(=O)c2cc(Cl)ccc2Cl)CC1. The molecule has 0 atom stereocenters. The summed E-state index contributed by atoms with van der Waals surface area (Å²) in [7, 11) is -3.72. The van der Waals surface area contributed by atoms with Gasteiger partial charge in [-0.1, -0.05) is 29.6 Å². The fourth-order valence-electron chi connectivity index (χ4n) is 3.84. The molecule has 2 fully saturated rings. The quantitative estimate of drug-likeness (QED) is 0.727. The highest BCUT2D eigenvalue weighted by Gasteiger charge is 2.33. The van der Waals surface area contributed by atoms with E-state index in [1.54, 1.807) is 6.07 Å². The van der Waals surface area contributed by atoms with Gasteiger partial charge >= 0.3 is 0 Å². The number of likely N-dealkylation sites (tertiary alicyclic amines) is 1. The normalized spacial score (nSPS) is 20.2. The van der Waals surface area contributed by atoms with Gasteiger partial charge in [0.05, 0.1) is 5.02 Å². The number of rotatable bonds is 6. The predicted octanol–water partition coefficient (Wildman–Crippen LogP) is 3.00. The molecular weight excluding hydrogens is 421 g/mol. The van der Waals surface area contributed by atoms with Gasteiger partial charge in [-0.2, -0.15) is 4.31 Å². The van der Waals surface area contributed by atoms with Crippen LogP contribution in [0, 0.1) is 5.92 Å². The Hall–Kier alpha value is -0.860. The molecule has 28 heavy (non-hydrogen) atoms. The van der Waals surface area contributed by atoms with Gasteiger partial charge in [0.15, 0.2) is 0 Å². The highest BCUT2D eigenvalue weighted by atomic mass is 35.5. The van der Waals surface area contributed by atoms with Gasteiger partial charge in [0, 0.05) is 37.1 Å². The van der Waals surface area contributed by atoms with Crippen LogP contribution in [0.25, 0.3) is 0 Å². The van der Waals surface area contributed by atoms with Crippen LogP contribution >= 0.6 is 23.2 Å². The highest BCUT2D eigenvalue weighted by Crippen LogP contribution is 2.30. The summed E-state index contributed by atoms with van der Waals surface area (Å²) in [5, 5.41) is 3.49. The van der Waals surface area contributed by atoms with Crippen LogP contribution in [0.2, 0.25) is 10.0 Å². The standard InChI is InChI=1S/C19H27Cl2N3O3S/c20-16-4-5-17(21)18(14-16)28(26,27)24-11-6-15(7-12-24)19(25)22-8-13-23-9-2-1-3-10-23/h4-5,14-15H,1-3,6-13H2,(H,22,25). The van der Waals surface area contributed by atoms with Crippen molar-refractivity contribution in [3.8, 4) is 0 Å². The molecule has 0 spiro atoms. The second kappa shape index (κ2) is 9.76. The van der Waals surface area contributed by atoms with Crippen LogP contribution in [0.1, 0.15) is 32.1 Å². The number of benzene rings is 1. The van der Waals surface area contributed by atoms with E-state index >= 15 is 0 Å². The molecule has 3 rings (SSSR count). The molecule has 9 heteroatoms. The van der Waals surface area contributed by atoms with Crippen molar-refractivity contribution in [2.24, 2.45) is 5.92 Å². The van der Waals surface area contributed by atoms with E-state index in [0.717, 1.165) is 19.6 Å². The number of carbonyl (C=O) groups excluding carboxylic acids is 1. The molecule has 0 bridgehead atoms. The lowest BCUT2D eigenvalue weighted by atomic mass is 9.97. The molecule has 2 saturated heterocycles. The summed E-state index contributed by atoms with van der Waals surface area (Å²) in [6, 6.07) is 4.42. The molecule has 1 N–H and O–H groups in total. The van der Waals surface area contributed by atoms with Gasteiger partial charge in [-0.3, -0.25) is 4.79 Å². The van der Waals surface area contributed by atoms with Crippen LogP contribution in [-0.2, 0) is 14.8 Å². The highest BCUT2D eigenvalue weighted by molar-refractivity contribution is 7.89. The average Bonchev–Trinajstić information content (AvgIpc) is 2.70. The Morgan fingerprint density at radius 3 is 2.43 bits per heavy atom. The van der Waals surface area contributed by atoms with Crippen molar-refractivity contribution in [3.05, 3.63) is 28.2 Å². The number of piperidine rings is 2. The first kappa shape index (κ1) is 21.8. The number of amides is 1. The Balaban J connectivity index is 1.49. The summed E-state index contributed by atoms with van der Waals surface area (Å²) in [4.78, 5) is 14.8. The van der Waals surface area contributed by atoms with E-state index in [2.05, 4.69) is 10.2 Å². The zero-order chi connectivity index (χ0) is 20.1. The van der Waals surface area contributed by atoms with Gasteiger partial charge in [0.2, 0.25) is 15.9 Å². The number of hydrogen-bond acceptors (Lipinski definition) is 4. The van der Waals surface area contributed by atoms with Crippen LogP contribution in [0.4, 0.5) is 0 Å². The van der Waals surface area contributed by atoms with E-state index in [0.29, 0.717) is 37.5 Å². The summed E-state index contributed by atoms with van der Waals surface area (Å²) in [5.74, 6) is -0.127. The van der Waals surface area contributed by atoms with Gasteiger partial charge in [0.1, 0.15) is 4.90 Å². The molecular formula is C19H27Cl2N3O3S. The van der Waals surface area contributed by atoms with Crippen molar-refractivity contribution in [1.29, 1.82) is 0 Å². The molecule has 0 saturated carbocycles. The molecule has 0 unspecified atom stereocenters. The maximum Gasteiger partial charge on any atom is 0.244 e. The Morgan fingerprint density at radius 1 is 1.07 bits per heavy atom. The fraction of sp³-hybridized carbons (Fsp3) is 0.632. The summed E-state index contributed by atoms with van der Waals surface area (Å²) in [5.41, 5.74) is 0. The third-order valence-electron chi connectivity index (χ3n) is 5.51. The van der Waals surface area contributed by atoms with Crippen molar-refractivity contribution >= 4 is 39.1 Å². The Kier molecular flexibility index (Phi) is 7.61. The van der Waals surface area contributed by atoms with E-state index in [1.165, 1.54) is 35.7 Å². The molecule has 0 radical (unpaired) electrons. The number of hydrogen-bond donors (Lipinski definition) is 1. The number of sulfonamides is 1. The van der Waals surface area contributed by atoms with E-state index in [9.17, 15) is 13.2 Å². The predicted molar refractivity (Wildman–Crippen MR) is 111 cm³/mol. The first-order chi connectivity index (χ1) is 13.4. The maximum absolute atomic E-state index is 12.9. The van der Waals surface area contributed by atoms with Gasteiger partial charge in [0.25, 0.3) is 0 Å². The van der Waals surface area contributed by atoms with Crippen LogP contribution in [0.15, 0.2) is 23.1 Å². The van der Waals surface area contributed by atoms with Crippen molar-refractivity contribution in [2.45, 2.75) is 37.0 Å². The average molecular weight is 448 g/mol. The Morgan fingerprint density at radius 2 is 1.75 bits per heavy atom. The smallest absolute Gasteiger partial charge is 0.244 e. The lowest BCUT2D eigenvalue weighted by Gasteiger charge is -2.31. The van der Waals surface area contributed by atoms with E-state index < -0.39 is 10.0 Å². The van der Waals surface area contributed by atoms with Crippen molar-refractivity contribution in [1.82, 2.24) is 14.5 Å². The van der Waals surface area contributed by atoms with Crippen LogP contribution in [0.3, 0.4) is 0 Å². The molecule has 0 aliphatic carbocycles. The molecule has 2 aliphatic rings.